The lowest BCUT2D eigenvalue weighted by Gasteiger charge is -2.31. The fourth-order valence-corrected chi connectivity index (χ4v) is 2.53. The van der Waals surface area contributed by atoms with Crippen molar-refractivity contribution in [3.05, 3.63) is 34.9 Å². The molecule has 0 aromatic heterocycles. The first kappa shape index (κ1) is 13.9. The van der Waals surface area contributed by atoms with Crippen LogP contribution in [0, 0.1) is 19.8 Å². The number of nitrogens with zero attached hydrogens (tertiary/aromatic N) is 2. The van der Waals surface area contributed by atoms with E-state index in [1.165, 1.54) is 29.5 Å². The van der Waals surface area contributed by atoms with Gasteiger partial charge in [0.05, 0.1) is 6.54 Å². The maximum absolute atomic E-state index is 6.10. The van der Waals surface area contributed by atoms with Crippen LogP contribution in [0.1, 0.15) is 36.5 Å². The van der Waals surface area contributed by atoms with Crippen molar-refractivity contribution < 1.29 is 0 Å². The third kappa shape index (κ3) is 3.72. The van der Waals surface area contributed by atoms with E-state index in [1.54, 1.807) is 0 Å². The van der Waals surface area contributed by atoms with Crippen LogP contribution in [-0.2, 0) is 6.54 Å². The quantitative estimate of drug-likeness (QED) is 0.655. The Kier molecular flexibility index (Phi) is 4.46. The average molecular weight is 259 g/mol. The van der Waals surface area contributed by atoms with Crippen molar-refractivity contribution in [3.8, 4) is 0 Å². The van der Waals surface area contributed by atoms with Gasteiger partial charge < -0.3 is 10.6 Å². The number of hydrogen-bond donors (Lipinski definition) is 1. The minimum absolute atomic E-state index is 0.685. The lowest BCUT2D eigenvalue weighted by Crippen LogP contribution is -2.42. The molecule has 104 valence electrons. The van der Waals surface area contributed by atoms with Crippen molar-refractivity contribution >= 4 is 5.96 Å². The van der Waals surface area contributed by atoms with Gasteiger partial charge in [0.1, 0.15) is 0 Å². The van der Waals surface area contributed by atoms with Gasteiger partial charge in [0.15, 0.2) is 5.96 Å². The lowest BCUT2D eigenvalue weighted by atomic mass is 10.00. The predicted octanol–water partition coefficient (Wildman–Crippen LogP) is 2.85. The van der Waals surface area contributed by atoms with E-state index in [4.69, 9.17) is 5.73 Å². The summed E-state index contributed by atoms with van der Waals surface area (Å²) < 4.78 is 0. The Morgan fingerprint density at radius 1 is 1.32 bits per heavy atom. The summed E-state index contributed by atoms with van der Waals surface area (Å²) in [6.45, 7) is 9.33. The fourth-order valence-electron chi connectivity index (χ4n) is 2.53. The van der Waals surface area contributed by atoms with E-state index in [1.807, 2.05) is 0 Å². The van der Waals surface area contributed by atoms with Gasteiger partial charge in [0.25, 0.3) is 0 Å². The molecule has 1 aromatic rings. The van der Waals surface area contributed by atoms with Crippen molar-refractivity contribution in [2.45, 2.75) is 40.2 Å². The van der Waals surface area contributed by atoms with E-state index >= 15 is 0 Å². The van der Waals surface area contributed by atoms with Crippen molar-refractivity contribution in [2.24, 2.45) is 16.6 Å². The van der Waals surface area contributed by atoms with E-state index in [9.17, 15) is 0 Å². The largest absolute Gasteiger partial charge is 0.370 e. The Bertz CT molecular complexity index is 457. The Balaban J connectivity index is 1.97. The highest BCUT2D eigenvalue weighted by atomic mass is 15.3. The van der Waals surface area contributed by atoms with Gasteiger partial charge in [-0.2, -0.15) is 0 Å². The Morgan fingerprint density at radius 2 is 2.00 bits per heavy atom. The number of hydrogen-bond acceptors (Lipinski definition) is 1. The monoisotopic (exact) mass is 259 g/mol. The van der Waals surface area contributed by atoms with E-state index in [-0.39, 0.29) is 0 Å². The molecule has 0 radical (unpaired) electrons. The molecular weight excluding hydrogens is 234 g/mol. The Labute approximate surface area is 116 Å². The van der Waals surface area contributed by atoms with E-state index in [0.29, 0.717) is 12.5 Å². The first-order chi connectivity index (χ1) is 9.06. The molecule has 1 heterocycles. The molecule has 1 saturated heterocycles. The molecule has 0 amide bonds. The summed E-state index contributed by atoms with van der Waals surface area (Å²) in [6, 6.07) is 6.49. The fraction of sp³-hybridized carbons (Fsp3) is 0.562. The molecule has 1 aliphatic rings. The zero-order valence-corrected chi connectivity index (χ0v) is 12.3. The summed E-state index contributed by atoms with van der Waals surface area (Å²) in [5.41, 5.74) is 9.95. The molecule has 2 rings (SSSR count). The number of aliphatic imine (C=N–C) groups is 1. The summed E-state index contributed by atoms with van der Waals surface area (Å²) in [6.07, 6.45) is 2.44. The first-order valence-corrected chi connectivity index (χ1v) is 7.17. The predicted molar refractivity (Wildman–Crippen MR) is 81.2 cm³/mol. The van der Waals surface area contributed by atoms with Crippen molar-refractivity contribution in [2.75, 3.05) is 13.1 Å². The standard InChI is InChI=1S/C16H25N3/c1-12-6-8-19(9-7-12)16(17)18-11-15-5-4-13(2)10-14(15)3/h4-5,10,12H,6-9,11H2,1-3H3,(H2,17,18). The number of rotatable bonds is 2. The zero-order valence-electron chi connectivity index (χ0n) is 12.3. The van der Waals surface area contributed by atoms with Crippen LogP contribution >= 0.6 is 0 Å². The van der Waals surface area contributed by atoms with Crippen LogP contribution in [0.5, 0.6) is 0 Å². The average Bonchev–Trinajstić information content (AvgIpc) is 2.38. The van der Waals surface area contributed by atoms with Crippen LogP contribution in [0.2, 0.25) is 0 Å². The Morgan fingerprint density at radius 3 is 2.63 bits per heavy atom. The normalized spacial score (nSPS) is 17.8. The van der Waals surface area contributed by atoms with Gasteiger partial charge in [-0.05, 0) is 43.7 Å². The van der Waals surface area contributed by atoms with Crippen LogP contribution in [0.25, 0.3) is 0 Å². The van der Waals surface area contributed by atoms with Crippen LogP contribution < -0.4 is 5.73 Å². The third-order valence-corrected chi connectivity index (χ3v) is 4.02. The lowest BCUT2D eigenvalue weighted by molar-refractivity contribution is 0.277. The highest BCUT2D eigenvalue weighted by Crippen LogP contribution is 2.16. The van der Waals surface area contributed by atoms with Crippen LogP contribution in [-0.4, -0.2) is 23.9 Å². The number of likely N-dealkylation sites (tertiary alicyclic amines) is 1. The molecule has 19 heavy (non-hydrogen) atoms. The number of piperidine rings is 1. The van der Waals surface area contributed by atoms with E-state index < -0.39 is 0 Å². The van der Waals surface area contributed by atoms with Crippen LogP contribution in [0.15, 0.2) is 23.2 Å². The zero-order chi connectivity index (χ0) is 13.8. The molecule has 0 unspecified atom stereocenters. The number of aryl methyl sites for hydroxylation is 2. The molecule has 0 bridgehead atoms. The van der Waals surface area contributed by atoms with Gasteiger partial charge in [-0.15, -0.1) is 0 Å². The second-order valence-electron chi connectivity index (χ2n) is 5.77. The van der Waals surface area contributed by atoms with Crippen molar-refractivity contribution in [1.82, 2.24) is 4.90 Å². The second kappa shape index (κ2) is 6.09. The van der Waals surface area contributed by atoms with Gasteiger partial charge in [0, 0.05) is 13.1 Å². The molecule has 3 nitrogen and oxygen atoms in total. The number of benzene rings is 1. The third-order valence-electron chi connectivity index (χ3n) is 4.02. The maximum Gasteiger partial charge on any atom is 0.191 e. The van der Waals surface area contributed by atoms with E-state index in [0.717, 1.165) is 19.0 Å². The Hall–Kier alpha value is -1.51. The maximum atomic E-state index is 6.10. The molecule has 1 fully saturated rings. The van der Waals surface area contributed by atoms with Crippen LogP contribution in [0.3, 0.4) is 0 Å². The van der Waals surface area contributed by atoms with E-state index in [2.05, 4.69) is 48.9 Å². The minimum atomic E-state index is 0.685. The molecule has 1 aromatic carbocycles. The summed E-state index contributed by atoms with van der Waals surface area (Å²) in [4.78, 5) is 6.77. The number of nitrogens with two attached hydrogens (primary N) is 1. The molecule has 2 N–H and O–H groups in total. The van der Waals surface area contributed by atoms with Crippen LogP contribution in [0.4, 0.5) is 0 Å². The summed E-state index contributed by atoms with van der Waals surface area (Å²) >= 11 is 0. The molecule has 0 atom stereocenters. The summed E-state index contributed by atoms with van der Waals surface area (Å²) in [5.74, 6) is 1.52. The number of guanidine groups is 1. The molecule has 3 heteroatoms. The minimum Gasteiger partial charge on any atom is -0.370 e. The molecule has 0 spiro atoms. The highest BCUT2D eigenvalue weighted by molar-refractivity contribution is 5.78. The van der Waals surface area contributed by atoms with Gasteiger partial charge in [-0.25, -0.2) is 4.99 Å². The summed E-state index contributed by atoms with van der Waals surface area (Å²) in [5, 5.41) is 0. The first-order valence-electron chi connectivity index (χ1n) is 7.17. The molecule has 0 aliphatic carbocycles. The second-order valence-corrected chi connectivity index (χ2v) is 5.77. The smallest absolute Gasteiger partial charge is 0.191 e. The summed E-state index contributed by atoms with van der Waals surface area (Å²) in [7, 11) is 0. The molecular formula is C16H25N3. The molecule has 1 aliphatic heterocycles. The van der Waals surface area contributed by atoms with Gasteiger partial charge in [-0.1, -0.05) is 30.7 Å². The highest BCUT2D eigenvalue weighted by Gasteiger charge is 2.16. The molecule has 0 saturated carbocycles. The topological polar surface area (TPSA) is 41.6 Å². The van der Waals surface area contributed by atoms with Gasteiger partial charge in [0.2, 0.25) is 0 Å². The van der Waals surface area contributed by atoms with Gasteiger partial charge in [-0.3, -0.25) is 0 Å². The van der Waals surface area contributed by atoms with Crippen molar-refractivity contribution in [1.29, 1.82) is 0 Å². The van der Waals surface area contributed by atoms with Gasteiger partial charge >= 0.3 is 0 Å². The SMILES string of the molecule is Cc1ccc(CN=C(N)N2CCC(C)CC2)c(C)c1. The van der Waals surface area contributed by atoms with Crippen molar-refractivity contribution in [3.63, 3.8) is 0 Å².